The van der Waals surface area contributed by atoms with Crippen molar-refractivity contribution in [1.29, 1.82) is 0 Å². The van der Waals surface area contributed by atoms with Crippen molar-refractivity contribution in [2.45, 2.75) is 19.2 Å². The van der Waals surface area contributed by atoms with Gasteiger partial charge in [-0.3, -0.25) is 9.69 Å². The fraction of sp³-hybridized carbons (Fsp3) is 0.208. The maximum absolute atomic E-state index is 13.4. The fourth-order valence-electron chi connectivity index (χ4n) is 3.51. The lowest BCUT2D eigenvalue weighted by molar-refractivity contribution is -0.115. The maximum atomic E-state index is 13.4. The molecule has 4 rings (SSSR count). The molecule has 1 fully saturated rings. The third-order valence-corrected chi connectivity index (χ3v) is 6.21. The summed E-state index contributed by atoms with van der Waals surface area (Å²) in [6.45, 7) is 3.73. The highest BCUT2D eigenvalue weighted by Gasteiger charge is 2.36. The van der Waals surface area contributed by atoms with E-state index in [-0.39, 0.29) is 40.8 Å². The molecule has 2 aromatic carbocycles. The van der Waals surface area contributed by atoms with Crippen molar-refractivity contribution in [3.63, 3.8) is 0 Å². The van der Waals surface area contributed by atoms with Gasteiger partial charge in [-0.1, -0.05) is 18.2 Å². The van der Waals surface area contributed by atoms with Crippen LogP contribution in [0.2, 0.25) is 0 Å². The van der Waals surface area contributed by atoms with Crippen LogP contribution in [0.4, 0.5) is 10.1 Å². The Morgan fingerprint density at radius 2 is 1.97 bits per heavy atom. The number of anilines is 1. The number of halogens is 1. The number of benzene rings is 2. The van der Waals surface area contributed by atoms with Crippen molar-refractivity contribution >= 4 is 29.3 Å². The van der Waals surface area contributed by atoms with E-state index in [9.17, 15) is 14.0 Å². The van der Waals surface area contributed by atoms with Gasteiger partial charge in [0.1, 0.15) is 22.5 Å². The van der Waals surface area contributed by atoms with Crippen LogP contribution in [0.1, 0.15) is 33.8 Å². The molecular weight excluding hydrogens is 431 g/mol. The van der Waals surface area contributed by atoms with Gasteiger partial charge in [0.25, 0.3) is 0 Å². The maximum Gasteiger partial charge on any atom is 0.341 e. The molecule has 1 atom stereocenters. The number of carbonyl (C=O) groups is 2. The molecule has 6 nitrogen and oxygen atoms in total. The SMILES string of the molecule is CCOC(=O)c1ccc(N2C(=O)CSC2c2ccc(F)cc2)c(C)c1Oc1ccccn1. The van der Waals surface area contributed by atoms with Gasteiger partial charge in [-0.2, -0.15) is 0 Å². The average molecular weight is 453 g/mol. The first-order valence-electron chi connectivity index (χ1n) is 10.1. The Balaban J connectivity index is 1.79. The number of amides is 1. The van der Waals surface area contributed by atoms with Crippen LogP contribution in [0.25, 0.3) is 0 Å². The summed E-state index contributed by atoms with van der Waals surface area (Å²) in [7, 11) is 0. The first kappa shape index (κ1) is 21.8. The Kier molecular flexibility index (Phi) is 6.41. The average Bonchev–Trinajstić information content (AvgIpc) is 3.17. The van der Waals surface area contributed by atoms with Gasteiger partial charge < -0.3 is 9.47 Å². The third kappa shape index (κ3) is 4.31. The Morgan fingerprint density at radius 1 is 1.19 bits per heavy atom. The van der Waals surface area contributed by atoms with E-state index in [0.717, 1.165) is 5.56 Å². The van der Waals surface area contributed by atoms with Crippen LogP contribution in [0.3, 0.4) is 0 Å². The van der Waals surface area contributed by atoms with E-state index >= 15 is 0 Å². The molecule has 164 valence electrons. The van der Waals surface area contributed by atoms with E-state index in [0.29, 0.717) is 17.1 Å². The molecule has 0 radical (unpaired) electrons. The van der Waals surface area contributed by atoms with Gasteiger partial charge in [-0.15, -0.1) is 11.8 Å². The van der Waals surface area contributed by atoms with Crippen molar-refractivity contribution in [3.05, 3.63) is 83.3 Å². The van der Waals surface area contributed by atoms with E-state index in [1.807, 2.05) is 0 Å². The Morgan fingerprint density at radius 3 is 2.66 bits per heavy atom. The summed E-state index contributed by atoms with van der Waals surface area (Å²) in [6, 6.07) is 14.6. The van der Waals surface area contributed by atoms with Crippen molar-refractivity contribution < 1.29 is 23.5 Å². The van der Waals surface area contributed by atoms with Crippen molar-refractivity contribution in [3.8, 4) is 11.6 Å². The monoisotopic (exact) mass is 452 g/mol. The lowest BCUT2D eigenvalue weighted by Crippen LogP contribution is -2.28. The number of hydrogen-bond acceptors (Lipinski definition) is 6. The standard InChI is InChI=1S/C24H21FN2O4S/c1-3-30-24(29)18-11-12-19(15(2)22(18)31-20-6-4-5-13-26-20)27-21(28)14-32-23(27)16-7-9-17(25)10-8-16/h4-13,23H,3,14H2,1-2H3. The number of hydrogen-bond donors (Lipinski definition) is 0. The first-order valence-corrected chi connectivity index (χ1v) is 11.1. The van der Waals surface area contributed by atoms with Gasteiger partial charge in [0.05, 0.1) is 18.0 Å². The molecule has 0 spiro atoms. The fourth-order valence-corrected chi connectivity index (χ4v) is 4.68. The highest BCUT2D eigenvalue weighted by Crippen LogP contribution is 2.45. The molecule has 8 heteroatoms. The summed E-state index contributed by atoms with van der Waals surface area (Å²) in [5, 5.41) is -0.321. The van der Waals surface area contributed by atoms with Gasteiger partial charge in [0.2, 0.25) is 11.8 Å². The van der Waals surface area contributed by atoms with Crippen LogP contribution in [-0.2, 0) is 9.53 Å². The quantitative estimate of drug-likeness (QED) is 0.474. The minimum Gasteiger partial charge on any atom is -0.462 e. The number of nitrogens with zero attached hydrogens (tertiary/aromatic N) is 2. The summed E-state index contributed by atoms with van der Waals surface area (Å²) in [5.74, 6) is -0.0592. The number of carbonyl (C=O) groups excluding carboxylic acids is 2. The van der Waals surface area contributed by atoms with E-state index < -0.39 is 5.97 Å². The van der Waals surface area contributed by atoms with Crippen LogP contribution in [0.5, 0.6) is 11.6 Å². The van der Waals surface area contributed by atoms with E-state index in [2.05, 4.69) is 4.98 Å². The normalized spacial score (nSPS) is 15.7. The van der Waals surface area contributed by atoms with Gasteiger partial charge in [-0.25, -0.2) is 14.2 Å². The molecular formula is C24H21FN2O4S. The molecule has 3 aromatic rings. The Bertz CT molecular complexity index is 1140. The molecule has 32 heavy (non-hydrogen) atoms. The van der Waals surface area contributed by atoms with Crippen LogP contribution in [0.15, 0.2) is 60.8 Å². The number of thioether (sulfide) groups is 1. The molecule has 1 amide bonds. The zero-order valence-electron chi connectivity index (χ0n) is 17.6. The predicted molar refractivity (Wildman–Crippen MR) is 121 cm³/mol. The summed E-state index contributed by atoms with van der Waals surface area (Å²) in [5.41, 5.74) is 2.26. The molecule has 0 aliphatic carbocycles. The number of ether oxygens (including phenoxy) is 2. The van der Waals surface area contributed by atoms with Gasteiger partial charge in [0, 0.05) is 17.8 Å². The van der Waals surface area contributed by atoms with Crippen LogP contribution >= 0.6 is 11.8 Å². The molecule has 1 aromatic heterocycles. The molecule has 1 saturated heterocycles. The van der Waals surface area contributed by atoms with Crippen molar-refractivity contribution in [2.24, 2.45) is 0 Å². The number of rotatable bonds is 6. The molecule has 1 aliphatic rings. The summed E-state index contributed by atoms with van der Waals surface area (Å²) >= 11 is 1.46. The van der Waals surface area contributed by atoms with Crippen LogP contribution in [-0.4, -0.2) is 29.2 Å². The largest absolute Gasteiger partial charge is 0.462 e. The lowest BCUT2D eigenvalue weighted by Gasteiger charge is -2.27. The molecule has 2 heterocycles. The van der Waals surface area contributed by atoms with Crippen molar-refractivity contribution in [2.75, 3.05) is 17.3 Å². The molecule has 0 N–H and O–H groups in total. The second-order valence-electron chi connectivity index (χ2n) is 7.06. The zero-order valence-corrected chi connectivity index (χ0v) is 18.4. The second kappa shape index (κ2) is 9.40. The minimum absolute atomic E-state index is 0.0832. The van der Waals surface area contributed by atoms with Crippen molar-refractivity contribution in [1.82, 2.24) is 4.98 Å². The van der Waals surface area contributed by atoms with Gasteiger partial charge >= 0.3 is 5.97 Å². The number of esters is 1. The minimum atomic E-state index is -0.523. The highest BCUT2D eigenvalue weighted by molar-refractivity contribution is 8.00. The molecule has 0 bridgehead atoms. The van der Waals surface area contributed by atoms with Gasteiger partial charge in [0.15, 0.2) is 0 Å². The number of pyridine rings is 1. The lowest BCUT2D eigenvalue weighted by atomic mass is 10.1. The zero-order chi connectivity index (χ0) is 22.7. The molecule has 1 aliphatic heterocycles. The number of aromatic nitrogens is 1. The smallest absolute Gasteiger partial charge is 0.341 e. The van der Waals surface area contributed by atoms with Gasteiger partial charge in [-0.05, 0) is 49.7 Å². The van der Waals surface area contributed by atoms with E-state index in [1.54, 1.807) is 67.4 Å². The van der Waals surface area contributed by atoms with E-state index in [4.69, 9.17) is 9.47 Å². The van der Waals surface area contributed by atoms with Crippen LogP contribution < -0.4 is 9.64 Å². The summed E-state index contributed by atoms with van der Waals surface area (Å²) in [6.07, 6.45) is 1.59. The Hall–Kier alpha value is -3.39. The van der Waals surface area contributed by atoms with Crippen LogP contribution in [0, 0.1) is 12.7 Å². The molecule has 0 saturated carbocycles. The highest BCUT2D eigenvalue weighted by atomic mass is 32.2. The summed E-state index contributed by atoms with van der Waals surface area (Å²) in [4.78, 5) is 31.3. The third-order valence-electron chi connectivity index (χ3n) is 5.00. The van der Waals surface area contributed by atoms with E-state index in [1.165, 1.54) is 23.9 Å². The topological polar surface area (TPSA) is 68.7 Å². The summed E-state index contributed by atoms with van der Waals surface area (Å²) < 4.78 is 24.6. The Labute approximate surface area is 189 Å². The molecule has 1 unspecified atom stereocenters. The second-order valence-corrected chi connectivity index (χ2v) is 8.12. The first-order chi connectivity index (χ1) is 15.5. The predicted octanol–water partition coefficient (Wildman–Crippen LogP) is 5.28.